The van der Waals surface area contributed by atoms with Crippen LogP contribution >= 0.6 is 0 Å². The van der Waals surface area contributed by atoms with Gasteiger partial charge in [0, 0.05) is 12.6 Å². The lowest BCUT2D eigenvalue weighted by atomic mass is 10.5. The van der Waals surface area contributed by atoms with Crippen molar-refractivity contribution in [1.29, 1.82) is 0 Å². The average Bonchev–Trinajstić information content (AvgIpc) is 3.04. The van der Waals surface area contributed by atoms with Crippen molar-refractivity contribution in [2.75, 3.05) is 25.4 Å². The molecule has 4 nitrogen and oxygen atoms in total. The third-order valence-corrected chi connectivity index (χ3v) is 4.58. The number of nitrogens with one attached hydrogen (secondary N) is 1. The van der Waals surface area contributed by atoms with Crippen LogP contribution in [0.1, 0.15) is 26.2 Å². The van der Waals surface area contributed by atoms with Gasteiger partial charge >= 0.3 is 0 Å². The first-order valence-electron chi connectivity index (χ1n) is 5.75. The highest BCUT2D eigenvalue weighted by molar-refractivity contribution is 7.89. The SMILES string of the molecule is C#CCN(CC)S(=O)(=O)CCCNC1CC1. The monoisotopic (exact) mass is 244 g/mol. The molecule has 1 rings (SSSR count). The molecule has 0 atom stereocenters. The van der Waals surface area contributed by atoms with Crippen molar-refractivity contribution in [3.63, 3.8) is 0 Å². The van der Waals surface area contributed by atoms with Crippen molar-refractivity contribution in [2.45, 2.75) is 32.2 Å². The van der Waals surface area contributed by atoms with Crippen LogP contribution in [0, 0.1) is 12.3 Å². The first-order valence-corrected chi connectivity index (χ1v) is 7.35. The lowest BCUT2D eigenvalue weighted by Gasteiger charge is -2.17. The van der Waals surface area contributed by atoms with Crippen LogP contribution in [-0.2, 0) is 10.0 Å². The fraction of sp³-hybridized carbons (Fsp3) is 0.818. The van der Waals surface area contributed by atoms with Crippen LogP contribution in [0.4, 0.5) is 0 Å². The summed E-state index contributed by atoms with van der Waals surface area (Å²) in [5, 5.41) is 3.29. The summed E-state index contributed by atoms with van der Waals surface area (Å²) in [6, 6.07) is 0.635. The van der Waals surface area contributed by atoms with Gasteiger partial charge in [0.1, 0.15) is 0 Å². The molecule has 1 aliphatic carbocycles. The van der Waals surface area contributed by atoms with Crippen LogP contribution in [0.5, 0.6) is 0 Å². The van der Waals surface area contributed by atoms with Gasteiger partial charge in [-0.3, -0.25) is 0 Å². The number of nitrogens with zero attached hydrogens (tertiary/aromatic N) is 1. The van der Waals surface area contributed by atoms with Crippen LogP contribution in [0.3, 0.4) is 0 Å². The fourth-order valence-electron chi connectivity index (χ4n) is 1.49. The normalized spacial score (nSPS) is 16.3. The Balaban J connectivity index is 2.27. The first-order chi connectivity index (χ1) is 7.60. The van der Waals surface area contributed by atoms with Gasteiger partial charge in [0.2, 0.25) is 10.0 Å². The summed E-state index contributed by atoms with van der Waals surface area (Å²) in [7, 11) is -3.16. The molecule has 0 bridgehead atoms. The molecule has 5 heteroatoms. The van der Waals surface area contributed by atoms with E-state index >= 15 is 0 Å². The average molecular weight is 244 g/mol. The third-order valence-electron chi connectivity index (χ3n) is 2.60. The van der Waals surface area contributed by atoms with Crippen LogP contribution in [0.25, 0.3) is 0 Å². The third kappa shape index (κ3) is 4.52. The number of terminal acetylenes is 1. The van der Waals surface area contributed by atoms with E-state index < -0.39 is 10.0 Å². The van der Waals surface area contributed by atoms with Crippen LogP contribution in [0.2, 0.25) is 0 Å². The standard InChI is InChI=1S/C11H20N2O2S/c1-3-9-13(4-2)16(14,15)10-5-8-12-11-6-7-11/h1,11-12H,4-10H2,2H3. The molecule has 1 saturated carbocycles. The van der Waals surface area contributed by atoms with Gasteiger partial charge in [0.05, 0.1) is 12.3 Å². The second-order valence-electron chi connectivity index (χ2n) is 4.03. The zero-order chi connectivity index (χ0) is 12.0. The van der Waals surface area contributed by atoms with E-state index in [2.05, 4.69) is 11.2 Å². The summed E-state index contributed by atoms with van der Waals surface area (Å²) < 4.78 is 25.0. The molecule has 0 aliphatic heterocycles. The maximum absolute atomic E-state index is 11.8. The minimum atomic E-state index is -3.16. The van der Waals surface area contributed by atoms with Gasteiger partial charge in [0.15, 0.2) is 0 Å². The summed E-state index contributed by atoms with van der Waals surface area (Å²) >= 11 is 0. The fourth-order valence-corrected chi connectivity index (χ4v) is 2.92. The molecule has 0 unspecified atom stereocenters. The van der Waals surface area contributed by atoms with E-state index in [1.165, 1.54) is 17.1 Å². The number of hydrogen-bond donors (Lipinski definition) is 1. The Morgan fingerprint density at radius 2 is 2.19 bits per heavy atom. The maximum atomic E-state index is 11.8. The molecule has 0 heterocycles. The predicted molar refractivity (Wildman–Crippen MR) is 65.5 cm³/mol. The Bertz CT molecular complexity index is 341. The number of rotatable bonds is 8. The second kappa shape index (κ2) is 6.24. The summed E-state index contributed by atoms with van der Waals surface area (Å²) in [6.45, 7) is 3.20. The summed E-state index contributed by atoms with van der Waals surface area (Å²) in [5.74, 6) is 2.56. The Hall–Kier alpha value is -0.570. The van der Waals surface area contributed by atoms with Gasteiger partial charge in [0.25, 0.3) is 0 Å². The second-order valence-corrected chi connectivity index (χ2v) is 6.12. The molecule has 92 valence electrons. The van der Waals surface area contributed by atoms with Crippen molar-refractivity contribution >= 4 is 10.0 Å². The molecule has 0 aromatic carbocycles. The largest absolute Gasteiger partial charge is 0.314 e. The number of hydrogen-bond acceptors (Lipinski definition) is 3. The summed E-state index contributed by atoms with van der Waals surface area (Å²) in [6.07, 6.45) is 8.24. The number of sulfonamides is 1. The smallest absolute Gasteiger partial charge is 0.215 e. The summed E-state index contributed by atoms with van der Waals surface area (Å²) in [5.41, 5.74) is 0. The first kappa shape index (κ1) is 13.5. The summed E-state index contributed by atoms with van der Waals surface area (Å²) in [4.78, 5) is 0. The lowest BCUT2D eigenvalue weighted by Crippen LogP contribution is -2.34. The molecule has 0 aromatic rings. The van der Waals surface area contributed by atoms with Crippen LogP contribution in [0.15, 0.2) is 0 Å². The quantitative estimate of drug-likeness (QED) is 0.497. The van der Waals surface area contributed by atoms with Crippen molar-refractivity contribution in [2.24, 2.45) is 0 Å². The molecule has 16 heavy (non-hydrogen) atoms. The van der Waals surface area contributed by atoms with Gasteiger partial charge < -0.3 is 5.32 Å². The van der Waals surface area contributed by atoms with Crippen LogP contribution < -0.4 is 5.32 Å². The van der Waals surface area contributed by atoms with E-state index in [4.69, 9.17) is 6.42 Å². The van der Waals surface area contributed by atoms with Gasteiger partial charge in [-0.2, -0.15) is 4.31 Å². The Labute approximate surface area is 98.5 Å². The minimum Gasteiger partial charge on any atom is -0.314 e. The molecular formula is C11H20N2O2S. The van der Waals surface area contributed by atoms with E-state index in [-0.39, 0.29) is 12.3 Å². The van der Waals surface area contributed by atoms with E-state index in [0.29, 0.717) is 19.0 Å². The van der Waals surface area contributed by atoms with Gasteiger partial charge in [-0.25, -0.2) is 8.42 Å². The topological polar surface area (TPSA) is 49.4 Å². The van der Waals surface area contributed by atoms with E-state index in [1.807, 2.05) is 0 Å². The highest BCUT2D eigenvalue weighted by Crippen LogP contribution is 2.18. The van der Waals surface area contributed by atoms with Crippen molar-refractivity contribution in [3.8, 4) is 12.3 Å². The van der Waals surface area contributed by atoms with Crippen LogP contribution in [-0.4, -0.2) is 44.2 Å². The lowest BCUT2D eigenvalue weighted by molar-refractivity contribution is 0.461. The molecule has 1 N–H and O–H groups in total. The minimum absolute atomic E-state index is 0.175. The molecule has 0 spiro atoms. The molecular weight excluding hydrogens is 224 g/mol. The Kier molecular flexibility index (Phi) is 5.26. The van der Waals surface area contributed by atoms with Gasteiger partial charge in [-0.1, -0.05) is 12.8 Å². The Morgan fingerprint density at radius 1 is 1.50 bits per heavy atom. The zero-order valence-electron chi connectivity index (χ0n) is 9.78. The maximum Gasteiger partial charge on any atom is 0.215 e. The van der Waals surface area contributed by atoms with Crippen molar-refractivity contribution < 1.29 is 8.42 Å². The highest BCUT2D eigenvalue weighted by atomic mass is 32.2. The van der Waals surface area contributed by atoms with Crippen molar-refractivity contribution in [1.82, 2.24) is 9.62 Å². The van der Waals surface area contributed by atoms with E-state index in [1.54, 1.807) is 6.92 Å². The molecule has 0 aromatic heterocycles. The van der Waals surface area contributed by atoms with Gasteiger partial charge in [-0.15, -0.1) is 6.42 Å². The van der Waals surface area contributed by atoms with Gasteiger partial charge in [-0.05, 0) is 25.8 Å². The molecule has 0 saturated heterocycles. The zero-order valence-corrected chi connectivity index (χ0v) is 10.6. The molecule has 1 aliphatic rings. The molecule has 0 amide bonds. The molecule has 0 radical (unpaired) electrons. The highest BCUT2D eigenvalue weighted by Gasteiger charge is 2.21. The van der Waals surface area contributed by atoms with Crippen molar-refractivity contribution in [3.05, 3.63) is 0 Å². The van der Waals surface area contributed by atoms with E-state index in [9.17, 15) is 8.42 Å². The Morgan fingerprint density at radius 3 is 2.69 bits per heavy atom. The van der Waals surface area contributed by atoms with E-state index in [0.717, 1.165) is 6.54 Å². The predicted octanol–water partition coefficient (Wildman–Crippen LogP) is 0.413. The molecule has 1 fully saturated rings.